The van der Waals surface area contributed by atoms with Gasteiger partial charge in [-0.15, -0.1) is 0 Å². The fourth-order valence-electron chi connectivity index (χ4n) is 2.14. The second-order valence-electron chi connectivity index (χ2n) is 5.89. The number of rotatable bonds is 6. The monoisotopic (exact) mass is 353 g/mol. The number of anilines is 3. The van der Waals surface area contributed by atoms with Gasteiger partial charge in [0.15, 0.2) is 5.82 Å². The largest absolute Gasteiger partial charge is 0.491 e. The third-order valence-electron chi connectivity index (χ3n) is 3.27. The van der Waals surface area contributed by atoms with E-state index in [1.54, 1.807) is 13.0 Å². The van der Waals surface area contributed by atoms with Gasteiger partial charge in [-0.2, -0.15) is 0 Å². The molecule has 0 aliphatic carbocycles. The molecule has 0 aliphatic heterocycles. The van der Waals surface area contributed by atoms with Crippen molar-refractivity contribution in [1.29, 1.82) is 0 Å². The van der Waals surface area contributed by atoms with Crippen molar-refractivity contribution >= 4 is 23.4 Å². The van der Waals surface area contributed by atoms with Crippen molar-refractivity contribution in [1.82, 2.24) is 15.1 Å². The average Bonchev–Trinajstić information content (AvgIpc) is 3.01. The van der Waals surface area contributed by atoms with Crippen LogP contribution in [-0.4, -0.2) is 27.1 Å². The van der Waals surface area contributed by atoms with Gasteiger partial charge in [-0.25, -0.2) is 9.97 Å². The van der Waals surface area contributed by atoms with Crippen LogP contribution in [0, 0.1) is 6.92 Å². The fraction of sp³-hybridized carbons (Fsp3) is 0.222. The summed E-state index contributed by atoms with van der Waals surface area (Å²) in [5, 5.41) is 9.39. The Kier molecular flexibility index (Phi) is 5.12. The van der Waals surface area contributed by atoms with Crippen molar-refractivity contribution in [3.63, 3.8) is 0 Å². The molecule has 0 atom stereocenters. The number of hydrogen-bond acceptors (Lipinski definition) is 7. The Bertz CT molecular complexity index is 873. The van der Waals surface area contributed by atoms with E-state index in [0.29, 0.717) is 23.1 Å². The molecule has 0 aliphatic rings. The van der Waals surface area contributed by atoms with Crippen molar-refractivity contribution < 1.29 is 14.1 Å². The maximum absolute atomic E-state index is 12.1. The molecule has 26 heavy (non-hydrogen) atoms. The molecule has 8 heteroatoms. The second-order valence-corrected chi connectivity index (χ2v) is 5.89. The van der Waals surface area contributed by atoms with Crippen LogP contribution < -0.4 is 15.4 Å². The highest BCUT2D eigenvalue weighted by atomic mass is 16.5. The molecule has 0 bridgehead atoms. The summed E-state index contributed by atoms with van der Waals surface area (Å²) in [4.78, 5) is 20.4. The zero-order valence-electron chi connectivity index (χ0n) is 14.7. The topological polar surface area (TPSA) is 102 Å². The maximum atomic E-state index is 12.1. The van der Waals surface area contributed by atoms with E-state index in [9.17, 15) is 4.79 Å². The van der Waals surface area contributed by atoms with Crippen LogP contribution in [0.4, 0.5) is 17.5 Å². The number of aromatic nitrogens is 3. The standard InChI is InChI=1S/C18H19N5O3/c1-11(2)25-15-6-4-14(5-7-15)21-18-19-9-13(10-20-18)17(24)22-16-8-12(3)26-23-16/h4-11H,1-3H3,(H,19,20,21)(H,22,23,24). The van der Waals surface area contributed by atoms with Crippen LogP contribution in [0.5, 0.6) is 5.75 Å². The molecule has 3 rings (SSSR count). The third-order valence-corrected chi connectivity index (χ3v) is 3.27. The number of ether oxygens (including phenoxy) is 1. The Morgan fingerprint density at radius 2 is 1.85 bits per heavy atom. The lowest BCUT2D eigenvalue weighted by molar-refractivity contribution is 0.102. The summed E-state index contributed by atoms with van der Waals surface area (Å²) in [6.45, 7) is 5.69. The molecule has 2 N–H and O–H groups in total. The van der Waals surface area contributed by atoms with E-state index in [0.717, 1.165) is 11.4 Å². The molecule has 3 aromatic rings. The molecule has 134 valence electrons. The molecule has 2 aromatic heterocycles. The molecule has 2 heterocycles. The summed E-state index contributed by atoms with van der Waals surface area (Å²) < 4.78 is 10.5. The van der Waals surface area contributed by atoms with Crippen LogP contribution in [0.2, 0.25) is 0 Å². The van der Waals surface area contributed by atoms with Crippen LogP contribution in [0.25, 0.3) is 0 Å². The van der Waals surface area contributed by atoms with Gasteiger partial charge in [-0.05, 0) is 45.0 Å². The van der Waals surface area contributed by atoms with Crippen molar-refractivity contribution in [2.75, 3.05) is 10.6 Å². The molecule has 8 nitrogen and oxygen atoms in total. The Hall–Kier alpha value is -3.42. The summed E-state index contributed by atoms with van der Waals surface area (Å²) >= 11 is 0. The quantitative estimate of drug-likeness (QED) is 0.698. The highest BCUT2D eigenvalue weighted by Gasteiger charge is 2.10. The first-order chi connectivity index (χ1) is 12.5. The average molecular weight is 353 g/mol. The van der Waals surface area contributed by atoms with Gasteiger partial charge < -0.3 is 19.9 Å². The zero-order chi connectivity index (χ0) is 18.5. The fourth-order valence-corrected chi connectivity index (χ4v) is 2.14. The third kappa shape index (κ3) is 4.56. The molecular formula is C18H19N5O3. The summed E-state index contributed by atoms with van der Waals surface area (Å²) in [7, 11) is 0. The second kappa shape index (κ2) is 7.64. The molecule has 0 fully saturated rings. The summed E-state index contributed by atoms with van der Waals surface area (Å²) in [5.41, 5.74) is 1.13. The maximum Gasteiger partial charge on any atom is 0.260 e. The lowest BCUT2D eigenvalue weighted by Gasteiger charge is -2.10. The molecule has 0 radical (unpaired) electrons. The first-order valence-corrected chi connectivity index (χ1v) is 8.10. The number of carbonyl (C=O) groups excluding carboxylic acids is 1. The lowest BCUT2D eigenvalue weighted by Crippen LogP contribution is -2.13. The van der Waals surface area contributed by atoms with E-state index in [-0.39, 0.29) is 12.0 Å². The van der Waals surface area contributed by atoms with E-state index in [1.807, 2.05) is 38.1 Å². The Morgan fingerprint density at radius 3 is 2.42 bits per heavy atom. The number of hydrogen-bond donors (Lipinski definition) is 2. The van der Waals surface area contributed by atoms with E-state index in [1.165, 1.54) is 12.4 Å². The number of benzene rings is 1. The van der Waals surface area contributed by atoms with Crippen molar-refractivity contribution in [3.8, 4) is 5.75 Å². The van der Waals surface area contributed by atoms with E-state index in [4.69, 9.17) is 9.26 Å². The summed E-state index contributed by atoms with van der Waals surface area (Å²) in [6.07, 6.45) is 3.00. The Balaban J connectivity index is 1.61. The molecule has 0 saturated carbocycles. The first kappa shape index (κ1) is 17.4. The van der Waals surface area contributed by atoms with Crippen molar-refractivity contribution in [3.05, 3.63) is 54.0 Å². The molecular weight excluding hydrogens is 334 g/mol. The first-order valence-electron chi connectivity index (χ1n) is 8.10. The number of nitrogens with one attached hydrogen (secondary N) is 2. The van der Waals surface area contributed by atoms with Crippen LogP contribution in [0.3, 0.4) is 0 Å². The van der Waals surface area contributed by atoms with Gasteiger partial charge in [0.05, 0.1) is 11.7 Å². The van der Waals surface area contributed by atoms with E-state index in [2.05, 4.69) is 25.8 Å². The SMILES string of the molecule is Cc1cc(NC(=O)c2cnc(Nc3ccc(OC(C)C)cc3)nc2)no1. The normalized spacial score (nSPS) is 10.6. The van der Waals surface area contributed by atoms with Gasteiger partial charge in [0, 0.05) is 24.1 Å². The van der Waals surface area contributed by atoms with Gasteiger partial charge in [0.25, 0.3) is 5.91 Å². The van der Waals surface area contributed by atoms with E-state index < -0.39 is 0 Å². The molecule has 0 unspecified atom stereocenters. The predicted molar refractivity (Wildman–Crippen MR) is 96.7 cm³/mol. The minimum Gasteiger partial charge on any atom is -0.491 e. The van der Waals surface area contributed by atoms with Crippen LogP contribution in [-0.2, 0) is 0 Å². The number of amides is 1. The molecule has 0 spiro atoms. The summed E-state index contributed by atoms with van der Waals surface area (Å²) in [6, 6.07) is 9.10. The molecule has 0 saturated heterocycles. The number of carbonyl (C=O) groups is 1. The highest BCUT2D eigenvalue weighted by molar-refractivity contribution is 6.03. The smallest absolute Gasteiger partial charge is 0.260 e. The number of nitrogens with zero attached hydrogens (tertiary/aromatic N) is 3. The van der Waals surface area contributed by atoms with Gasteiger partial charge >= 0.3 is 0 Å². The van der Waals surface area contributed by atoms with Crippen molar-refractivity contribution in [2.24, 2.45) is 0 Å². The van der Waals surface area contributed by atoms with Crippen LogP contribution in [0.15, 0.2) is 47.2 Å². The Labute approximate surface area is 150 Å². The molecule has 1 aromatic carbocycles. The van der Waals surface area contributed by atoms with Gasteiger partial charge in [0.1, 0.15) is 11.5 Å². The van der Waals surface area contributed by atoms with Gasteiger partial charge in [-0.1, -0.05) is 5.16 Å². The van der Waals surface area contributed by atoms with Crippen LogP contribution in [0.1, 0.15) is 30.0 Å². The minimum absolute atomic E-state index is 0.122. The zero-order valence-corrected chi connectivity index (χ0v) is 14.7. The lowest BCUT2D eigenvalue weighted by atomic mass is 10.3. The summed E-state index contributed by atoms with van der Waals surface area (Å²) in [5.74, 6) is 1.78. The van der Waals surface area contributed by atoms with Gasteiger partial charge in [0.2, 0.25) is 5.95 Å². The van der Waals surface area contributed by atoms with E-state index >= 15 is 0 Å². The molecule has 1 amide bonds. The van der Waals surface area contributed by atoms with Gasteiger partial charge in [-0.3, -0.25) is 4.79 Å². The Morgan fingerprint density at radius 1 is 1.15 bits per heavy atom. The van der Waals surface area contributed by atoms with Crippen LogP contribution >= 0.6 is 0 Å². The number of aryl methyl sites for hydroxylation is 1. The highest BCUT2D eigenvalue weighted by Crippen LogP contribution is 2.19. The van der Waals surface area contributed by atoms with Crippen molar-refractivity contribution in [2.45, 2.75) is 26.9 Å². The minimum atomic E-state index is -0.361. The predicted octanol–water partition coefficient (Wildman–Crippen LogP) is 3.56.